The van der Waals surface area contributed by atoms with Gasteiger partial charge in [0.15, 0.2) is 12.3 Å². The van der Waals surface area contributed by atoms with E-state index < -0.39 is 11.8 Å². The van der Waals surface area contributed by atoms with Gasteiger partial charge < -0.3 is 9.94 Å². The van der Waals surface area contributed by atoms with Crippen LogP contribution in [0.2, 0.25) is 0 Å². The standard InChI is InChI=1S/C16H14N6O5/c1-22-14(21-27-16(22)25)13(10-4-3-7-17-8-10)20-26-9-11-5-2-6-12(18-11)19-15(23)24/h2-8H,9H2,1H3,(H,18,19)(H,23,24). The number of amides is 1. The minimum Gasteiger partial charge on any atom is -0.465 e. The molecule has 3 heterocycles. The third-order valence-corrected chi connectivity index (χ3v) is 3.36. The summed E-state index contributed by atoms with van der Waals surface area (Å²) in [5, 5.41) is 18.6. The van der Waals surface area contributed by atoms with Crippen LogP contribution in [0, 0.1) is 0 Å². The number of pyridine rings is 2. The first-order valence-corrected chi connectivity index (χ1v) is 7.64. The lowest BCUT2D eigenvalue weighted by Crippen LogP contribution is -2.18. The average molecular weight is 370 g/mol. The van der Waals surface area contributed by atoms with Crippen LogP contribution in [0.5, 0.6) is 0 Å². The lowest BCUT2D eigenvalue weighted by atomic mass is 10.2. The Labute approximate surface area is 151 Å². The molecule has 27 heavy (non-hydrogen) atoms. The number of oxime groups is 1. The Morgan fingerprint density at radius 2 is 2.22 bits per heavy atom. The average Bonchev–Trinajstić information content (AvgIpc) is 2.98. The quantitative estimate of drug-likeness (QED) is 0.487. The molecule has 0 aromatic carbocycles. The molecule has 3 aromatic rings. The van der Waals surface area contributed by atoms with Crippen molar-refractivity contribution in [3.05, 3.63) is 70.4 Å². The first kappa shape index (κ1) is 17.8. The third kappa shape index (κ3) is 4.34. The maximum atomic E-state index is 11.6. The summed E-state index contributed by atoms with van der Waals surface area (Å²) in [5.74, 6) is -0.308. The summed E-state index contributed by atoms with van der Waals surface area (Å²) in [6.07, 6.45) is 1.91. The monoisotopic (exact) mass is 370 g/mol. The van der Waals surface area contributed by atoms with Crippen molar-refractivity contribution in [1.82, 2.24) is 19.7 Å². The molecule has 0 atom stereocenters. The number of anilines is 1. The van der Waals surface area contributed by atoms with E-state index in [1.807, 2.05) is 0 Å². The number of hydrogen-bond acceptors (Lipinski definition) is 8. The van der Waals surface area contributed by atoms with Gasteiger partial charge >= 0.3 is 11.8 Å². The molecular formula is C16H14N6O5. The molecule has 0 fully saturated rings. The number of carboxylic acid groups (broad SMARTS) is 1. The highest BCUT2D eigenvalue weighted by Crippen LogP contribution is 2.09. The second-order valence-electron chi connectivity index (χ2n) is 5.23. The smallest absolute Gasteiger partial charge is 0.441 e. The maximum Gasteiger partial charge on any atom is 0.441 e. The molecule has 0 radical (unpaired) electrons. The summed E-state index contributed by atoms with van der Waals surface area (Å²) in [6, 6.07) is 8.21. The normalized spacial score (nSPS) is 11.2. The highest BCUT2D eigenvalue weighted by atomic mass is 16.6. The number of carbonyl (C=O) groups is 1. The fraction of sp³-hybridized carbons (Fsp3) is 0.125. The predicted octanol–water partition coefficient (Wildman–Crippen LogP) is 1.22. The van der Waals surface area contributed by atoms with E-state index >= 15 is 0 Å². The Morgan fingerprint density at radius 3 is 2.89 bits per heavy atom. The minimum absolute atomic E-state index is 0.0370. The van der Waals surface area contributed by atoms with Crippen molar-refractivity contribution in [1.29, 1.82) is 0 Å². The van der Waals surface area contributed by atoms with Crippen LogP contribution in [0.25, 0.3) is 0 Å². The first-order chi connectivity index (χ1) is 13.0. The van der Waals surface area contributed by atoms with Crippen LogP contribution in [-0.4, -0.2) is 36.6 Å². The van der Waals surface area contributed by atoms with Gasteiger partial charge in [-0.1, -0.05) is 16.4 Å². The van der Waals surface area contributed by atoms with Crippen LogP contribution in [0.3, 0.4) is 0 Å². The topological polar surface area (TPSA) is 145 Å². The van der Waals surface area contributed by atoms with Gasteiger partial charge in [0.2, 0.25) is 5.82 Å². The molecule has 138 valence electrons. The van der Waals surface area contributed by atoms with Gasteiger partial charge in [-0.3, -0.25) is 19.4 Å². The predicted molar refractivity (Wildman–Crippen MR) is 92.3 cm³/mol. The van der Waals surface area contributed by atoms with Crippen LogP contribution in [-0.2, 0) is 18.5 Å². The Balaban J connectivity index is 1.84. The van der Waals surface area contributed by atoms with E-state index in [0.29, 0.717) is 11.3 Å². The van der Waals surface area contributed by atoms with Gasteiger partial charge in [-0.25, -0.2) is 14.6 Å². The molecule has 0 bridgehead atoms. The van der Waals surface area contributed by atoms with E-state index in [9.17, 15) is 9.59 Å². The molecule has 0 unspecified atom stereocenters. The molecule has 3 rings (SSSR count). The molecule has 11 nitrogen and oxygen atoms in total. The summed E-state index contributed by atoms with van der Waals surface area (Å²) in [5.41, 5.74) is 1.26. The molecule has 0 aliphatic heterocycles. The van der Waals surface area contributed by atoms with Gasteiger partial charge in [-0.2, -0.15) is 0 Å². The van der Waals surface area contributed by atoms with Gasteiger partial charge in [0.1, 0.15) is 5.82 Å². The Kier molecular flexibility index (Phi) is 5.21. The molecule has 0 aliphatic rings. The Bertz CT molecular complexity index is 1030. The molecule has 1 amide bonds. The van der Waals surface area contributed by atoms with E-state index in [1.54, 1.807) is 30.5 Å². The van der Waals surface area contributed by atoms with E-state index in [4.69, 9.17) is 9.94 Å². The summed E-state index contributed by atoms with van der Waals surface area (Å²) >= 11 is 0. The number of nitrogens with one attached hydrogen (secondary N) is 1. The van der Waals surface area contributed by atoms with Gasteiger partial charge in [-0.15, -0.1) is 0 Å². The lowest BCUT2D eigenvalue weighted by molar-refractivity contribution is 0.128. The molecule has 0 saturated heterocycles. The molecule has 2 N–H and O–H groups in total. The molecule has 0 saturated carbocycles. The summed E-state index contributed by atoms with van der Waals surface area (Å²) in [4.78, 5) is 35.7. The molecule has 11 heteroatoms. The van der Waals surface area contributed by atoms with E-state index in [1.165, 1.54) is 23.9 Å². The van der Waals surface area contributed by atoms with E-state index in [0.717, 1.165) is 0 Å². The fourth-order valence-electron chi connectivity index (χ4n) is 2.12. The van der Waals surface area contributed by atoms with Crippen molar-refractivity contribution >= 4 is 17.6 Å². The van der Waals surface area contributed by atoms with Crippen molar-refractivity contribution < 1.29 is 19.3 Å². The minimum atomic E-state index is -1.22. The number of aromatic nitrogens is 4. The second-order valence-corrected chi connectivity index (χ2v) is 5.23. The van der Waals surface area contributed by atoms with Gasteiger partial charge in [0.05, 0.1) is 5.69 Å². The number of rotatable bonds is 6. The van der Waals surface area contributed by atoms with Crippen LogP contribution in [0.1, 0.15) is 17.1 Å². The second kappa shape index (κ2) is 7.91. The highest BCUT2D eigenvalue weighted by molar-refractivity contribution is 6.10. The van der Waals surface area contributed by atoms with Gasteiger partial charge in [0.25, 0.3) is 0 Å². The molecule has 0 aliphatic carbocycles. The van der Waals surface area contributed by atoms with Crippen molar-refractivity contribution in [2.75, 3.05) is 5.32 Å². The maximum absolute atomic E-state index is 11.6. The zero-order valence-electron chi connectivity index (χ0n) is 14.1. The van der Waals surface area contributed by atoms with Crippen molar-refractivity contribution in [3.8, 4) is 0 Å². The Morgan fingerprint density at radius 1 is 1.37 bits per heavy atom. The Hall–Kier alpha value is -4.02. The molecule has 3 aromatic heterocycles. The highest BCUT2D eigenvalue weighted by Gasteiger charge is 2.17. The van der Waals surface area contributed by atoms with Gasteiger partial charge in [-0.05, 0) is 24.3 Å². The first-order valence-electron chi connectivity index (χ1n) is 7.64. The van der Waals surface area contributed by atoms with Gasteiger partial charge in [0, 0.05) is 25.0 Å². The number of hydrogen-bond donors (Lipinski definition) is 2. The summed E-state index contributed by atoms with van der Waals surface area (Å²) < 4.78 is 5.82. The summed E-state index contributed by atoms with van der Waals surface area (Å²) in [6.45, 7) is -0.0370. The van der Waals surface area contributed by atoms with Crippen LogP contribution >= 0.6 is 0 Å². The fourth-order valence-corrected chi connectivity index (χ4v) is 2.12. The SMILES string of the molecule is Cn1c(C(=NOCc2cccc(NC(=O)O)n2)c2cccnc2)noc1=O. The zero-order chi connectivity index (χ0) is 19.2. The van der Waals surface area contributed by atoms with Crippen LogP contribution < -0.4 is 11.1 Å². The van der Waals surface area contributed by atoms with Crippen LogP contribution in [0.4, 0.5) is 10.6 Å². The lowest BCUT2D eigenvalue weighted by Gasteiger charge is -2.06. The van der Waals surface area contributed by atoms with Crippen LogP contribution in [0.15, 0.2) is 57.2 Å². The van der Waals surface area contributed by atoms with Crippen molar-refractivity contribution in [2.45, 2.75) is 6.61 Å². The zero-order valence-corrected chi connectivity index (χ0v) is 14.1. The largest absolute Gasteiger partial charge is 0.465 e. The summed E-state index contributed by atoms with van der Waals surface area (Å²) in [7, 11) is 1.49. The molecular weight excluding hydrogens is 356 g/mol. The van der Waals surface area contributed by atoms with Crippen molar-refractivity contribution in [2.24, 2.45) is 12.2 Å². The van der Waals surface area contributed by atoms with E-state index in [-0.39, 0.29) is 24.0 Å². The molecule has 0 spiro atoms. The number of nitrogens with zero attached hydrogens (tertiary/aromatic N) is 5. The third-order valence-electron chi connectivity index (χ3n) is 3.36. The van der Waals surface area contributed by atoms with E-state index in [2.05, 4.69) is 30.1 Å². The van der Waals surface area contributed by atoms with Crippen molar-refractivity contribution in [3.63, 3.8) is 0 Å².